The molecule has 0 fully saturated rings. The first-order valence-electron chi connectivity index (χ1n) is 10.1. The number of ether oxygens (including phenoxy) is 2. The molecule has 2 aromatic carbocycles. The molecule has 172 valence electrons. The van der Waals surface area contributed by atoms with Crippen LogP contribution in [0.15, 0.2) is 48.5 Å². The number of hydrogen-bond donors (Lipinski definition) is 4. The minimum atomic E-state index is -0.765. The number of phenols is 1. The quantitative estimate of drug-likeness (QED) is 0.497. The van der Waals surface area contributed by atoms with Crippen LogP contribution in [-0.2, 0) is 20.9 Å². The summed E-state index contributed by atoms with van der Waals surface area (Å²) >= 11 is 0. The van der Waals surface area contributed by atoms with Crippen molar-refractivity contribution in [3.05, 3.63) is 54.1 Å². The molecule has 0 aliphatic carbocycles. The Morgan fingerprint density at radius 3 is 2.31 bits per heavy atom. The normalized spacial score (nSPS) is 11.8. The van der Waals surface area contributed by atoms with Gasteiger partial charge in [-0.25, -0.2) is 4.79 Å². The van der Waals surface area contributed by atoms with E-state index in [2.05, 4.69) is 16.0 Å². The standard InChI is InChI=1S/C23H29N3O6/c1-15(31-18-11-9-17(27)10-12-18)21(29)24-13-16-7-5-6-8-19(16)26-20(28)14-25-22(30)32-23(2,3)4/h5-12,15,27H,13-14H2,1-4H3,(H,24,29)(H,25,30)(H,26,28). The number of nitrogens with one attached hydrogen (secondary N) is 3. The number of carbonyl (C=O) groups excluding carboxylic acids is 3. The molecule has 0 bridgehead atoms. The monoisotopic (exact) mass is 443 g/mol. The number of carbonyl (C=O) groups is 3. The SMILES string of the molecule is CC(Oc1ccc(O)cc1)C(=O)NCc1ccccc1NC(=O)CNC(=O)OC(C)(C)C. The summed E-state index contributed by atoms with van der Waals surface area (Å²) in [4.78, 5) is 36.3. The zero-order valence-corrected chi connectivity index (χ0v) is 18.6. The van der Waals surface area contributed by atoms with Crippen LogP contribution >= 0.6 is 0 Å². The van der Waals surface area contributed by atoms with Gasteiger partial charge in [-0.1, -0.05) is 18.2 Å². The largest absolute Gasteiger partial charge is 0.508 e. The predicted octanol–water partition coefficient (Wildman–Crippen LogP) is 2.94. The Kier molecular flexibility index (Phi) is 8.46. The highest BCUT2D eigenvalue weighted by atomic mass is 16.6. The van der Waals surface area contributed by atoms with Crippen molar-refractivity contribution in [2.75, 3.05) is 11.9 Å². The second-order valence-corrected chi connectivity index (χ2v) is 8.03. The number of phenolic OH excluding ortho intramolecular Hbond substituents is 1. The van der Waals surface area contributed by atoms with Gasteiger partial charge in [-0.05, 0) is 63.6 Å². The minimum Gasteiger partial charge on any atom is -0.508 e. The molecule has 0 aliphatic heterocycles. The second kappa shape index (κ2) is 11.0. The molecule has 1 atom stereocenters. The van der Waals surface area contributed by atoms with Crippen LogP contribution in [0.1, 0.15) is 33.3 Å². The molecular formula is C23H29N3O6. The van der Waals surface area contributed by atoms with Crippen LogP contribution in [0.3, 0.4) is 0 Å². The molecule has 9 heteroatoms. The molecule has 0 aromatic heterocycles. The molecule has 32 heavy (non-hydrogen) atoms. The van der Waals surface area contributed by atoms with Crippen LogP contribution in [0.25, 0.3) is 0 Å². The molecule has 4 N–H and O–H groups in total. The zero-order valence-electron chi connectivity index (χ0n) is 18.6. The Hall–Kier alpha value is -3.75. The number of anilines is 1. The number of amides is 3. The lowest BCUT2D eigenvalue weighted by atomic mass is 10.1. The molecule has 0 saturated carbocycles. The van der Waals surface area contributed by atoms with Crippen LogP contribution in [0, 0.1) is 0 Å². The lowest BCUT2D eigenvalue weighted by molar-refractivity contribution is -0.127. The third-order valence-corrected chi connectivity index (χ3v) is 4.06. The van der Waals surface area contributed by atoms with E-state index in [-0.39, 0.29) is 24.7 Å². The van der Waals surface area contributed by atoms with E-state index in [0.717, 1.165) is 0 Å². The van der Waals surface area contributed by atoms with Gasteiger partial charge in [0.1, 0.15) is 23.6 Å². The van der Waals surface area contributed by atoms with Crippen LogP contribution in [-0.4, -0.2) is 41.3 Å². The molecule has 0 radical (unpaired) electrons. The fourth-order valence-electron chi connectivity index (χ4n) is 2.57. The minimum absolute atomic E-state index is 0.106. The predicted molar refractivity (Wildman–Crippen MR) is 119 cm³/mol. The topological polar surface area (TPSA) is 126 Å². The Labute approximate surface area is 187 Å². The van der Waals surface area contributed by atoms with Crippen molar-refractivity contribution in [3.8, 4) is 11.5 Å². The van der Waals surface area contributed by atoms with E-state index < -0.39 is 23.7 Å². The van der Waals surface area contributed by atoms with Crippen molar-refractivity contribution in [3.63, 3.8) is 0 Å². The first-order valence-corrected chi connectivity index (χ1v) is 10.1. The highest BCUT2D eigenvalue weighted by Crippen LogP contribution is 2.18. The number of rotatable bonds is 8. The van der Waals surface area contributed by atoms with E-state index >= 15 is 0 Å². The average molecular weight is 444 g/mol. The van der Waals surface area contributed by atoms with Crippen molar-refractivity contribution in [2.45, 2.75) is 45.9 Å². The number of benzene rings is 2. The summed E-state index contributed by atoms with van der Waals surface area (Å²) in [6.45, 7) is 6.71. The van der Waals surface area contributed by atoms with Gasteiger partial charge in [0.05, 0.1) is 0 Å². The highest BCUT2D eigenvalue weighted by Gasteiger charge is 2.18. The smallest absolute Gasteiger partial charge is 0.408 e. The van der Waals surface area contributed by atoms with E-state index in [1.165, 1.54) is 12.1 Å². The highest BCUT2D eigenvalue weighted by molar-refractivity contribution is 5.94. The summed E-state index contributed by atoms with van der Waals surface area (Å²) < 4.78 is 10.7. The lowest BCUT2D eigenvalue weighted by Gasteiger charge is -2.19. The van der Waals surface area contributed by atoms with Crippen LogP contribution in [0.5, 0.6) is 11.5 Å². The maximum atomic E-state index is 12.4. The van der Waals surface area contributed by atoms with E-state index in [1.54, 1.807) is 64.1 Å². The molecule has 2 aromatic rings. The van der Waals surface area contributed by atoms with Gasteiger partial charge in [0.25, 0.3) is 5.91 Å². The van der Waals surface area contributed by atoms with Crippen molar-refractivity contribution in [1.29, 1.82) is 0 Å². The maximum Gasteiger partial charge on any atom is 0.408 e. The average Bonchev–Trinajstić information content (AvgIpc) is 2.72. The fraction of sp³-hybridized carbons (Fsp3) is 0.348. The summed E-state index contributed by atoms with van der Waals surface area (Å²) in [5.41, 5.74) is 0.535. The zero-order chi connectivity index (χ0) is 23.7. The van der Waals surface area contributed by atoms with Crippen molar-refractivity contribution in [1.82, 2.24) is 10.6 Å². The molecule has 9 nitrogen and oxygen atoms in total. The number of hydrogen-bond acceptors (Lipinski definition) is 6. The first kappa shape index (κ1) is 24.5. The summed E-state index contributed by atoms with van der Waals surface area (Å²) in [6.07, 6.45) is -1.45. The second-order valence-electron chi connectivity index (χ2n) is 8.03. The van der Waals surface area contributed by atoms with E-state index in [9.17, 15) is 19.5 Å². The molecule has 1 unspecified atom stereocenters. The van der Waals surface area contributed by atoms with Gasteiger partial charge in [-0.3, -0.25) is 9.59 Å². The molecule has 0 heterocycles. The van der Waals surface area contributed by atoms with E-state index in [4.69, 9.17) is 9.47 Å². The summed E-state index contributed by atoms with van der Waals surface area (Å²) in [6, 6.07) is 13.1. The molecule has 3 amide bonds. The van der Waals surface area contributed by atoms with Gasteiger partial charge in [0.2, 0.25) is 5.91 Å². The number of para-hydroxylation sites is 1. The number of alkyl carbamates (subject to hydrolysis) is 1. The summed E-state index contributed by atoms with van der Waals surface area (Å²) in [5.74, 6) is -0.213. The summed E-state index contributed by atoms with van der Waals surface area (Å²) in [5, 5.41) is 17.2. The van der Waals surface area contributed by atoms with E-state index in [0.29, 0.717) is 17.0 Å². The summed E-state index contributed by atoms with van der Waals surface area (Å²) in [7, 11) is 0. The fourth-order valence-corrected chi connectivity index (χ4v) is 2.57. The van der Waals surface area contributed by atoms with Crippen LogP contribution < -0.4 is 20.7 Å². The Balaban J connectivity index is 1.87. The molecule has 0 saturated heterocycles. The van der Waals surface area contributed by atoms with Crippen molar-refractivity contribution >= 4 is 23.6 Å². The van der Waals surface area contributed by atoms with Crippen LogP contribution in [0.4, 0.5) is 10.5 Å². The van der Waals surface area contributed by atoms with Gasteiger partial charge >= 0.3 is 6.09 Å². The number of aromatic hydroxyl groups is 1. The Morgan fingerprint density at radius 1 is 1.00 bits per heavy atom. The molecule has 0 spiro atoms. The van der Waals surface area contributed by atoms with Crippen molar-refractivity contribution < 1.29 is 29.0 Å². The van der Waals surface area contributed by atoms with E-state index in [1.807, 2.05) is 0 Å². The van der Waals surface area contributed by atoms with Crippen molar-refractivity contribution in [2.24, 2.45) is 0 Å². The Bertz CT molecular complexity index is 937. The molecular weight excluding hydrogens is 414 g/mol. The van der Waals surface area contributed by atoms with Gasteiger partial charge in [0.15, 0.2) is 6.10 Å². The third-order valence-electron chi connectivity index (χ3n) is 4.06. The van der Waals surface area contributed by atoms with Crippen LogP contribution in [0.2, 0.25) is 0 Å². The molecule has 2 rings (SSSR count). The first-order chi connectivity index (χ1) is 15.0. The third kappa shape index (κ3) is 8.55. The lowest BCUT2D eigenvalue weighted by Crippen LogP contribution is -2.37. The van der Waals surface area contributed by atoms with Gasteiger partial charge < -0.3 is 30.5 Å². The maximum absolute atomic E-state index is 12.4. The van der Waals surface area contributed by atoms with Gasteiger partial charge in [-0.2, -0.15) is 0 Å². The molecule has 0 aliphatic rings. The van der Waals surface area contributed by atoms with Gasteiger partial charge in [-0.15, -0.1) is 0 Å². The Morgan fingerprint density at radius 2 is 1.66 bits per heavy atom. The van der Waals surface area contributed by atoms with Gasteiger partial charge in [0, 0.05) is 12.2 Å².